The third-order valence-corrected chi connectivity index (χ3v) is 7.86. The van der Waals surface area contributed by atoms with Crippen LogP contribution in [-0.4, -0.2) is 28.8 Å². The summed E-state index contributed by atoms with van der Waals surface area (Å²) in [5, 5.41) is 14.6. The number of nitro benzene ring substituents is 1. The summed E-state index contributed by atoms with van der Waals surface area (Å²) in [7, 11) is 0. The predicted molar refractivity (Wildman–Crippen MR) is 161 cm³/mol. The molecule has 0 unspecified atom stereocenters. The molecule has 0 saturated carbocycles. The van der Waals surface area contributed by atoms with E-state index in [4.69, 9.17) is 9.57 Å². The first-order chi connectivity index (χ1) is 21.4. The highest BCUT2D eigenvalue weighted by Crippen LogP contribution is 2.48. The molecule has 0 spiro atoms. The van der Waals surface area contributed by atoms with Crippen molar-refractivity contribution in [3.8, 4) is 5.75 Å². The van der Waals surface area contributed by atoms with Crippen LogP contribution < -0.4 is 14.7 Å². The van der Waals surface area contributed by atoms with E-state index in [9.17, 15) is 24.5 Å². The van der Waals surface area contributed by atoms with E-state index in [0.717, 1.165) is 10.8 Å². The molecule has 0 N–H and O–H groups in total. The van der Waals surface area contributed by atoms with Crippen molar-refractivity contribution in [2.75, 3.05) is 9.96 Å². The number of ether oxygens (including phenoxy) is 1. The van der Waals surface area contributed by atoms with Gasteiger partial charge in [0.15, 0.2) is 6.10 Å². The smallest absolute Gasteiger partial charge is 0.343 e. The number of amides is 2. The highest BCUT2D eigenvalue weighted by atomic mass is 16.7. The van der Waals surface area contributed by atoms with Crippen LogP contribution in [0.15, 0.2) is 121 Å². The minimum absolute atomic E-state index is 0.167. The van der Waals surface area contributed by atoms with E-state index in [1.165, 1.54) is 28.2 Å². The van der Waals surface area contributed by atoms with Crippen LogP contribution in [0.5, 0.6) is 5.75 Å². The number of carbonyl (C=O) groups excluding carboxylic acids is 3. The van der Waals surface area contributed by atoms with E-state index >= 15 is 0 Å². The van der Waals surface area contributed by atoms with Crippen molar-refractivity contribution in [1.29, 1.82) is 0 Å². The summed E-state index contributed by atoms with van der Waals surface area (Å²) < 4.78 is 5.52. The van der Waals surface area contributed by atoms with Crippen LogP contribution in [0.4, 0.5) is 17.1 Å². The molecular weight excluding hydrogens is 562 g/mol. The van der Waals surface area contributed by atoms with E-state index in [1.807, 2.05) is 30.3 Å². The number of rotatable bonds is 6. The fourth-order valence-electron chi connectivity index (χ4n) is 5.83. The third-order valence-electron chi connectivity index (χ3n) is 7.86. The quantitative estimate of drug-likeness (QED) is 0.0781. The SMILES string of the molecule is O=C(Oc1ccc([C@@H]2[C@@H]3C(=O)N(c4cccc5ccccc45)C(=O)[C@H]3ON2c2cccc([N+](=O)[O-])c2)cc1)c1ccccc1. The number of nitrogens with zero attached hydrogens (tertiary/aromatic N) is 3. The molecule has 5 aromatic carbocycles. The number of fused-ring (bicyclic) bond motifs is 2. The third kappa shape index (κ3) is 4.54. The van der Waals surface area contributed by atoms with E-state index in [0.29, 0.717) is 22.5 Å². The molecule has 2 fully saturated rings. The number of anilines is 2. The maximum atomic E-state index is 14.2. The van der Waals surface area contributed by atoms with Gasteiger partial charge in [0.25, 0.3) is 11.6 Å². The van der Waals surface area contributed by atoms with Gasteiger partial charge in [-0.2, -0.15) is 0 Å². The van der Waals surface area contributed by atoms with Crippen LogP contribution in [0, 0.1) is 16.0 Å². The van der Waals surface area contributed by atoms with Gasteiger partial charge in [-0.1, -0.05) is 72.8 Å². The van der Waals surface area contributed by atoms with Gasteiger partial charge in [-0.15, -0.1) is 0 Å². The molecule has 0 radical (unpaired) electrons. The maximum Gasteiger partial charge on any atom is 0.343 e. The lowest BCUT2D eigenvalue weighted by molar-refractivity contribution is -0.384. The summed E-state index contributed by atoms with van der Waals surface area (Å²) in [4.78, 5) is 59.0. The van der Waals surface area contributed by atoms with Crippen LogP contribution in [0.25, 0.3) is 10.8 Å². The number of hydroxylamine groups is 1. The molecule has 2 amide bonds. The van der Waals surface area contributed by atoms with Gasteiger partial charge in [0.2, 0.25) is 5.91 Å². The predicted octanol–water partition coefficient (Wildman–Crippen LogP) is 6.02. The Hall–Kier alpha value is -5.87. The Bertz CT molecular complexity index is 1940. The second kappa shape index (κ2) is 10.8. The lowest BCUT2D eigenvalue weighted by Gasteiger charge is -2.29. The van der Waals surface area contributed by atoms with Gasteiger partial charge in [0.05, 0.1) is 27.9 Å². The van der Waals surface area contributed by atoms with Crippen molar-refractivity contribution in [3.05, 3.63) is 143 Å². The fraction of sp³-hybridized carbons (Fsp3) is 0.0882. The topological polar surface area (TPSA) is 119 Å². The minimum Gasteiger partial charge on any atom is -0.423 e. The highest BCUT2D eigenvalue weighted by molar-refractivity contribution is 6.26. The molecule has 0 bridgehead atoms. The first-order valence-electron chi connectivity index (χ1n) is 13.8. The zero-order chi connectivity index (χ0) is 30.4. The average Bonchev–Trinajstić information content (AvgIpc) is 3.57. The molecule has 0 aromatic heterocycles. The molecule has 2 saturated heterocycles. The molecule has 44 heavy (non-hydrogen) atoms. The lowest BCUT2D eigenvalue weighted by atomic mass is 9.90. The maximum absolute atomic E-state index is 14.2. The van der Waals surface area contributed by atoms with Crippen LogP contribution in [0.3, 0.4) is 0 Å². The molecule has 2 heterocycles. The molecule has 5 aromatic rings. The number of non-ortho nitro benzene ring substituents is 1. The van der Waals surface area contributed by atoms with Crippen LogP contribution in [0.2, 0.25) is 0 Å². The van der Waals surface area contributed by atoms with Crippen molar-refractivity contribution in [3.63, 3.8) is 0 Å². The highest BCUT2D eigenvalue weighted by Gasteiger charge is 2.60. The van der Waals surface area contributed by atoms with Gasteiger partial charge in [-0.05, 0) is 47.3 Å². The molecule has 0 aliphatic carbocycles. The van der Waals surface area contributed by atoms with E-state index in [1.54, 1.807) is 72.8 Å². The molecule has 2 aliphatic rings. The molecular formula is C34H23N3O7. The van der Waals surface area contributed by atoms with E-state index in [-0.39, 0.29) is 11.4 Å². The molecule has 10 heteroatoms. The summed E-state index contributed by atoms with van der Waals surface area (Å²) in [5.41, 5.74) is 1.59. The molecule has 3 atom stereocenters. The zero-order valence-electron chi connectivity index (χ0n) is 23.0. The Balaban J connectivity index is 1.27. The fourth-order valence-corrected chi connectivity index (χ4v) is 5.83. The standard InChI is InChI=1S/C34H23N3O7/c38-32-29-30(22-16-18-26(19-17-22)43-34(40)23-9-2-1-3-10-23)36(24-12-7-13-25(20-24)37(41)42)44-31(29)33(39)35(32)28-15-6-11-21-8-4-5-14-27(21)28/h1-20,29-31H/t29-,30+,31-/m0/s1. The van der Waals surface area contributed by atoms with Gasteiger partial charge >= 0.3 is 5.97 Å². The molecule has 10 nitrogen and oxygen atoms in total. The second-order valence-corrected chi connectivity index (χ2v) is 10.4. The summed E-state index contributed by atoms with van der Waals surface area (Å²) in [6, 6.07) is 33.0. The molecule has 2 aliphatic heterocycles. The van der Waals surface area contributed by atoms with Gasteiger partial charge in [-0.3, -0.25) is 24.5 Å². The van der Waals surface area contributed by atoms with Gasteiger partial charge in [0.1, 0.15) is 11.7 Å². The minimum atomic E-state index is -1.17. The average molecular weight is 586 g/mol. The summed E-state index contributed by atoms with van der Waals surface area (Å²) in [6.45, 7) is 0. The van der Waals surface area contributed by atoms with Crippen molar-refractivity contribution in [2.45, 2.75) is 12.1 Å². The summed E-state index contributed by atoms with van der Waals surface area (Å²) in [5.74, 6) is -2.18. The van der Waals surface area contributed by atoms with Crippen molar-refractivity contribution in [1.82, 2.24) is 0 Å². The largest absolute Gasteiger partial charge is 0.423 e. The van der Waals surface area contributed by atoms with Gasteiger partial charge in [0, 0.05) is 17.5 Å². The monoisotopic (exact) mass is 585 g/mol. The van der Waals surface area contributed by atoms with Crippen molar-refractivity contribution >= 4 is 45.6 Å². The number of carbonyl (C=O) groups is 3. The van der Waals surface area contributed by atoms with Crippen LogP contribution in [0.1, 0.15) is 22.0 Å². The number of nitro groups is 1. The Morgan fingerprint density at radius 3 is 2.27 bits per heavy atom. The number of benzene rings is 5. The number of esters is 1. The van der Waals surface area contributed by atoms with Crippen molar-refractivity contribution in [2.24, 2.45) is 5.92 Å². The van der Waals surface area contributed by atoms with Gasteiger partial charge in [-0.25, -0.2) is 14.8 Å². The first-order valence-corrected chi connectivity index (χ1v) is 13.8. The number of imide groups is 1. The van der Waals surface area contributed by atoms with Crippen LogP contribution in [-0.2, 0) is 14.4 Å². The summed E-state index contributed by atoms with van der Waals surface area (Å²) >= 11 is 0. The first kappa shape index (κ1) is 27.0. The van der Waals surface area contributed by atoms with Crippen LogP contribution >= 0.6 is 0 Å². The van der Waals surface area contributed by atoms with E-state index < -0.39 is 40.8 Å². The molecule has 7 rings (SSSR count). The zero-order valence-corrected chi connectivity index (χ0v) is 23.0. The normalized spacial score (nSPS) is 19.3. The van der Waals surface area contributed by atoms with Gasteiger partial charge < -0.3 is 4.74 Å². The summed E-state index contributed by atoms with van der Waals surface area (Å²) in [6.07, 6.45) is -1.17. The lowest BCUT2D eigenvalue weighted by Crippen LogP contribution is -2.37. The van der Waals surface area contributed by atoms with E-state index in [2.05, 4.69) is 0 Å². The second-order valence-electron chi connectivity index (χ2n) is 10.4. The Labute approximate surface area is 250 Å². The molecule has 216 valence electrons. The number of hydrogen-bond donors (Lipinski definition) is 0. The number of hydrogen-bond acceptors (Lipinski definition) is 8. The van der Waals surface area contributed by atoms with Crippen molar-refractivity contribution < 1.29 is 28.9 Å². The Kier molecular flexibility index (Phi) is 6.60. The Morgan fingerprint density at radius 2 is 1.50 bits per heavy atom. The Morgan fingerprint density at radius 1 is 0.795 bits per heavy atom.